The summed E-state index contributed by atoms with van der Waals surface area (Å²) in [5.41, 5.74) is 1.64. The Morgan fingerprint density at radius 2 is 2.09 bits per heavy atom. The van der Waals surface area contributed by atoms with Gasteiger partial charge in [0.1, 0.15) is 0 Å². The number of hydrogen-bond acceptors (Lipinski definition) is 3. The normalized spacial score (nSPS) is 25.8. The fraction of sp³-hybridized carbons (Fsp3) is 0.471. The molecule has 5 heteroatoms. The standard InChI is InChI=1S/C17H20N4O/c1-11-4-3-5-14(12(11)2)20-9-7-15-13(17(20)22)10-18-16-6-8-19-21(15)16/h6-12,14H,3-5H2,1-2H3/t11-,12+,14+/m0/s1. The molecule has 0 unspecified atom stereocenters. The Balaban J connectivity index is 1.91. The van der Waals surface area contributed by atoms with Crippen LogP contribution in [0.4, 0.5) is 0 Å². The van der Waals surface area contributed by atoms with Gasteiger partial charge in [-0.05, 0) is 24.3 Å². The highest BCUT2D eigenvalue weighted by Crippen LogP contribution is 2.36. The molecule has 22 heavy (non-hydrogen) atoms. The van der Waals surface area contributed by atoms with E-state index < -0.39 is 0 Å². The molecule has 0 amide bonds. The summed E-state index contributed by atoms with van der Waals surface area (Å²) in [6.45, 7) is 4.55. The van der Waals surface area contributed by atoms with Gasteiger partial charge < -0.3 is 4.57 Å². The zero-order valence-electron chi connectivity index (χ0n) is 12.9. The van der Waals surface area contributed by atoms with Gasteiger partial charge in [-0.1, -0.05) is 26.7 Å². The summed E-state index contributed by atoms with van der Waals surface area (Å²) in [4.78, 5) is 17.3. The van der Waals surface area contributed by atoms with Crippen LogP contribution in [-0.4, -0.2) is 19.2 Å². The summed E-state index contributed by atoms with van der Waals surface area (Å²) < 4.78 is 3.65. The van der Waals surface area contributed by atoms with Crippen molar-refractivity contribution in [2.24, 2.45) is 11.8 Å². The highest BCUT2D eigenvalue weighted by atomic mass is 16.1. The number of hydrogen-bond donors (Lipinski definition) is 0. The summed E-state index contributed by atoms with van der Waals surface area (Å²) in [6, 6.07) is 4.12. The van der Waals surface area contributed by atoms with Crippen LogP contribution in [0.15, 0.2) is 35.5 Å². The van der Waals surface area contributed by atoms with Gasteiger partial charge in [0.05, 0.1) is 17.1 Å². The van der Waals surface area contributed by atoms with Gasteiger partial charge in [-0.2, -0.15) is 5.10 Å². The van der Waals surface area contributed by atoms with Gasteiger partial charge in [0.2, 0.25) is 0 Å². The molecule has 0 N–H and O–H groups in total. The third-order valence-electron chi connectivity index (χ3n) is 5.33. The first-order chi connectivity index (χ1) is 10.7. The molecule has 1 aliphatic carbocycles. The molecule has 0 bridgehead atoms. The van der Waals surface area contributed by atoms with E-state index in [-0.39, 0.29) is 11.6 Å². The van der Waals surface area contributed by atoms with Crippen molar-refractivity contribution in [1.82, 2.24) is 19.2 Å². The van der Waals surface area contributed by atoms with Gasteiger partial charge in [0.15, 0.2) is 5.65 Å². The minimum atomic E-state index is 0.0494. The van der Waals surface area contributed by atoms with Crippen LogP contribution >= 0.6 is 0 Å². The molecule has 0 spiro atoms. The van der Waals surface area contributed by atoms with Gasteiger partial charge >= 0.3 is 0 Å². The number of nitrogens with zero attached hydrogens (tertiary/aromatic N) is 4. The molecule has 0 aromatic carbocycles. The minimum Gasteiger partial charge on any atom is -0.311 e. The molecule has 3 heterocycles. The van der Waals surface area contributed by atoms with Crippen molar-refractivity contribution < 1.29 is 0 Å². The summed E-state index contributed by atoms with van der Waals surface area (Å²) in [5.74, 6) is 1.18. The second-order valence-electron chi connectivity index (χ2n) is 6.52. The van der Waals surface area contributed by atoms with Crippen molar-refractivity contribution in [3.8, 4) is 0 Å². The van der Waals surface area contributed by atoms with E-state index in [9.17, 15) is 4.79 Å². The maximum Gasteiger partial charge on any atom is 0.261 e. The van der Waals surface area contributed by atoms with Crippen molar-refractivity contribution >= 4 is 16.6 Å². The zero-order valence-corrected chi connectivity index (χ0v) is 12.9. The summed E-state index contributed by atoms with van der Waals surface area (Å²) in [6.07, 6.45) is 8.85. The van der Waals surface area contributed by atoms with Gasteiger partial charge in [0.25, 0.3) is 5.56 Å². The summed E-state index contributed by atoms with van der Waals surface area (Å²) >= 11 is 0. The van der Waals surface area contributed by atoms with Crippen molar-refractivity contribution in [3.05, 3.63) is 41.1 Å². The number of pyridine rings is 1. The Hall–Kier alpha value is -2.17. The highest BCUT2D eigenvalue weighted by Gasteiger charge is 2.29. The SMILES string of the molecule is C[C@H]1[C@H](n2ccc3c(cnc4ccnn43)c2=O)CCC[C@@H]1C. The van der Waals surface area contributed by atoms with Crippen LogP contribution in [-0.2, 0) is 0 Å². The average Bonchev–Trinajstić information content (AvgIpc) is 3.00. The smallest absolute Gasteiger partial charge is 0.261 e. The monoisotopic (exact) mass is 296 g/mol. The zero-order chi connectivity index (χ0) is 15.3. The molecular weight excluding hydrogens is 276 g/mol. The van der Waals surface area contributed by atoms with E-state index in [0.717, 1.165) is 17.6 Å². The van der Waals surface area contributed by atoms with Gasteiger partial charge in [-0.3, -0.25) is 4.79 Å². The maximum atomic E-state index is 12.9. The van der Waals surface area contributed by atoms with E-state index in [4.69, 9.17) is 0 Å². The maximum absolute atomic E-state index is 12.9. The van der Waals surface area contributed by atoms with Crippen LogP contribution < -0.4 is 5.56 Å². The van der Waals surface area contributed by atoms with Crippen molar-refractivity contribution in [2.75, 3.05) is 0 Å². The van der Waals surface area contributed by atoms with Gasteiger partial charge in [0, 0.05) is 24.5 Å². The average molecular weight is 296 g/mol. The van der Waals surface area contributed by atoms with Crippen LogP contribution in [0.2, 0.25) is 0 Å². The highest BCUT2D eigenvalue weighted by molar-refractivity contribution is 5.79. The lowest BCUT2D eigenvalue weighted by atomic mass is 9.78. The number of rotatable bonds is 1. The quantitative estimate of drug-likeness (QED) is 0.693. The van der Waals surface area contributed by atoms with Crippen LogP contribution in [0.3, 0.4) is 0 Å². The lowest BCUT2D eigenvalue weighted by Gasteiger charge is -2.35. The third-order valence-corrected chi connectivity index (χ3v) is 5.33. The molecule has 3 aromatic heterocycles. The van der Waals surface area contributed by atoms with E-state index in [2.05, 4.69) is 23.9 Å². The number of aromatic nitrogens is 4. The van der Waals surface area contributed by atoms with Crippen molar-refractivity contribution in [1.29, 1.82) is 0 Å². The Kier molecular flexibility index (Phi) is 3.03. The molecular formula is C17H20N4O. The molecule has 3 aromatic rings. The Bertz CT molecular complexity index is 894. The predicted molar refractivity (Wildman–Crippen MR) is 86.0 cm³/mol. The van der Waals surface area contributed by atoms with Crippen LogP contribution in [0.25, 0.3) is 16.6 Å². The summed E-state index contributed by atoms with van der Waals surface area (Å²) in [5, 5.41) is 4.91. The molecule has 114 valence electrons. The molecule has 5 nitrogen and oxygen atoms in total. The van der Waals surface area contributed by atoms with E-state index in [1.165, 1.54) is 12.8 Å². The molecule has 0 radical (unpaired) electrons. The molecule has 0 aliphatic heterocycles. The first-order valence-corrected chi connectivity index (χ1v) is 8.00. The third kappa shape index (κ3) is 1.88. The fourth-order valence-corrected chi connectivity index (χ4v) is 3.78. The fourth-order valence-electron chi connectivity index (χ4n) is 3.78. The first-order valence-electron chi connectivity index (χ1n) is 8.00. The first kappa shape index (κ1) is 13.5. The van der Waals surface area contributed by atoms with Crippen molar-refractivity contribution in [3.63, 3.8) is 0 Å². The molecule has 0 saturated heterocycles. The van der Waals surface area contributed by atoms with E-state index in [0.29, 0.717) is 17.2 Å². The largest absolute Gasteiger partial charge is 0.311 e. The van der Waals surface area contributed by atoms with Crippen molar-refractivity contribution in [2.45, 2.75) is 39.2 Å². The number of fused-ring (bicyclic) bond motifs is 3. The second kappa shape index (κ2) is 4.93. The summed E-state index contributed by atoms with van der Waals surface area (Å²) in [7, 11) is 0. The van der Waals surface area contributed by atoms with Crippen LogP contribution in [0, 0.1) is 11.8 Å². The van der Waals surface area contributed by atoms with Crippen LogP contribution in [0.1, 0.15) is 39.2 Å². The van der Waals surface area contributed by atoms with Gasteiger partial charge in [-0.15, -0.1) is 0 Å². The molecule has 1 aliphatic rings. The lowest BCUT2D eigenvalue weighted by molar-refractivity contribution is 0.183. The Morgan fingerprint density at radius 1 is 1.23 bits per heavy atom. The molecule has 1 saturated carbocycles. The lowest BCUT2D eigenvalue weighted by Crippen LogP contribution is -2.33. The Labute approximate surface area is 128 Å². The second-order valence-corrected chi connectivity index (χ2v) is 6.52. The minimum absolute atomic E-state index is 0.0494. The van der Waals surface area contributed by atoms with Crippen LogP contribution in [0.5, 0.6) is 0 Å². The topological polar surface area (TPSA) is 52.2 Å². The molecule has 1 fully saturated rings. The van der Waals surface area contributed by atoms with E-state index in [1.807, 2.05) is 22.9 Å². The van der Waals surface area contributed by atoms with E-state index >= 15 is 0 Å². The molecule has 3 atom stereocenters. The predicted octanol–water partition coefficient (Wildman–Crippen LogP) is 3.04. The Morgan fingerprint density at radius 3 is 2.95 bits per heavy atom. The molecule has 4 rings (SSSR count). The van der Waals surface area contributed by atoms with Gasteiger partial charge in [-0.25, -0.2) is 9.50 Å². The van der Waals surface area contributed by atoms with E-state index in [1.54, 1.807) is 16.9 Å².